The van der Waals surface area contributed by atoms with Gasteiger partial charge in [-0.3, -0.25) is 9.67 Å². The average molecular weight is 338 g/mol. The lowest BCUT2D eigenvalue weighted by Gasteiger charge is -1.98. The number of aromatic carboxylic acids is 1. The summed E-state index contributed by atoms with van der Waals surface area (Å²) in [6, 6.07) is 5.10. The monoisotopic (exact) mass is 337 g/mol. The van der Waals surface area contributed by atoms with Gasteiger partial charge in [0.15, 0.2) is 11.3 Å². The third kappa shape index (κ3) is 1.76. The summed E-state index contributed by atoms with van der Waals surface area (Å²) in [5.41, 5.74) is 2.12. The van der Waals surface area contributed by atoms with Crippen molar-refractivity contribution in [3.05, 3.63) is 38.9 Å². The van der Waals surface area contributed by atoms with E-state index in [1.54, 1.807) is 25.2 Å². The Morgan fingerprint density at radius 3 is 2.90 bits per heavy atom. The van der Waals surface area contributed by atoms with E-state index in [-0.39, 0.29) is 5.69 Å². The van der Waals surface area contributed by atoms with E-state index in [1.807, 2.05) is 0 Å². The summed E-state index contributed by atoms with van der Waals surface area (Å²) in [7, 11) is 1.61. The molecule has 0 amide bonds. The number of halogens is 1. The van der Waals surface area contributed by atoms with Crippen molar-refractivity contribution in [3.63, 3.8) is 0 Å². The Morgan fingerprint density at radius 2 is 2.25 bits per heavy atom. The van der Waals surface area contributed by atoms with Gasteiger partial charge in [-0.25, -0.2) is 9.59 Å². The van der Waals surface area contributed by atoms with Crippen LogP contribution in [0, 0.1) is 0 Å². The van der Waals surface area contributed by atoms with Crippen LogP contribution in [0.25, 0.3) is 22.4 Å². The second kappa shape index (κ2) is 4.34. The third-order valence-corrected chi connectivity index (χ3v) is 3.76. The fourth-order valence-corrected chi connectivity index (χ4v) is 2.52. The maximum atomic E-state index is 11.4. The molecule has 3 aromatic rings. The summed E-state index contributed by atoms with van der Waals surface area (Å²) in [5.74, 6) is -1.56. The highest BCUT2D eigenvalue weighted by Crippen LogP contribution is 2.30. The molecule has 0 spiro atoms. The maximum absolute atomic E-state index is 11.4. The summed E-state index contributed by atoms with van der Waals surface area (Å²) in [5, 5.41) is 15.4. The zero-order valence-electron chi connectivity index (χ0n) is 10.2. The number of nitrogens with one attached hydrogen (secondary N) is 1. The number of aromatic nitrogens is 3. The molecule has 0 saturated heterocycles. The molecular formula is C12H8BrN3O4. The maximum Gasteiger partial charge on any atom is 0.419 e. The minimum absolute atomic E-state index is 0.0328. The Kier molecular flexibility index (Phi) is 2.75. The number of carboxylic acids is 1. The quantitative estimate of drug-likeness (QED) is 0.744. The van der Waals surface area contributed by atoms with Crippen LogP contribution in [0.3, 0.4) is 0 Å². The Hall–Kier alpha value is -2.35. The number of oxazole rings is 1. The molecule has 3 rings (SSSR count). The van der Waals surface area contributed by atoms with Gasteiger partial charge in [0, 0.05) is 12.6 Å². The number of fused-ring (bicyclic) bond motifs is 1. The van der Waals surface area contributed by atoms with Crippen LogP contribution >= 0.6 is 15.9 Å². The van der Waals surface area contributed by atoms with Gasteiger partial charge in [-0.2, -0.15) is 5.10 Å². The van der Waals surface area contributed by atoms with Crippen LogP contribution in [-0.4, -0.2) is 25.8 Å². The van der Waals surface area contributed by atoms with Gasteiger partial charge in [0.25, 0.3) is 0 Å². The highest BCUT2D eigenvalue weighted by molar-refractivity contribution is 9.10. The number of H-pyrrole nitrogens is 1. The molecule has 0 aliphatic heterocycles. The SMILES string of the molecule is Cn1c(=O)oc2cc(-c3n[nH]c(C(=O)O)c3Br)ccc21. The molecule has 0 fully saturated rings. The van der Waals surface area contributed by atoms with Crippen molar-refractivity contribution in [2.45, 2.75) is 0 Å². The Morgan fingerprint density at radius 1 is 1.50 bits per heavy atom. The molecule has 0 aliphatic carbocycles. The lowest BCUT2D eigenvalue weighted by Crippen LogP contribution is -2.08. The molecule has 0 bridgehead atoms. The Labute approximate surface area is 120 Å². The van der Waals surface area contributed by atoms with Crippen LogP contribution in [0.5, 0.6) is 0 Å². The second-order valence-electron chi connectivity index (χ2n) is 4.18. The molecular weight excluding hydrogens is 330 g/mol. The predicted octanol–water partition coefficient (Wildman–Crippen LogP) is 1.98. The third-order valence-electron chi connectivity index (χ3n) is 2.99. The molecule has 2 heterocycles. The van der Waals surface area contributed by atoms with E-state index in [0.29, 0.717) is 26.8 Å². The number of benzene rings is 1. The normalized spacial score (nSPS) is 11.1. The first kappa shape index (κ1) is 12.7. The van der Waals surface area contributed by atoms with Gasteiger partial charge in [-0.05, 0) is 28.1 Å². The van der Waals surface area contributed by atoms with Gasteiger partial charge >= 0.3 is 11.7 Å². The van der Waals surface area contributed by atoms with E-state index in [9.17, 15) is 9.59 Å². The molecule has 0 aliphatic rings. The summed E-state index contributed by atoms with van der Waals surface area (Å²) < 4.78 is 6.83. The highest BCUT2D eigenvalue weighted by atomic mass is 79.9. The Bertz CT molecular complexity index is 890. The fraction of sp³-hybridized carbons (Fsp3) is 0.0833. The number of nitrogens with zero attached hydrogens (tertiary/aromatic N) is 2. The predicted molar refractivity (Wildman–Crippen MR) is 73.7 cm³/mol. The van der Waals surface area contributed by atoms with Crippen LogP contribution in [0.4, 0.5) is 0 Å². The van der Waals surface area contributed by atoms with Crippen LogP contribution in [0.2, 0.25) is 0 Å². The van der Waals surface area contributed by atoms with Crippen molar-refractivity contribution in [3.8, 4) is 11.3 Å². The molecule has 2 N–H and O–H groups in total. The number of hydrogen-bond donors (Lipinski definition) is 2. The van der Waals surface area contributed by atoms with Crippen molar-refractivity contribution in [1.29, 1.82) is 0 Å². The molecule has 1 aromatic carbocycles. The number of aromatic amines is 1. The first-order valence-electron chi connectivity index (χ1n) is 5.56. The minimum Gasteiger partial charge on any atom is -0.476 e. The van der Waals surface area contributed by atoms with Gasteiger partial charge in [-0.15, -0.1) is 0 Å². The van der Waals surface area contributed by atoms with E-state index >= 15 is 0 Å². The van der Waals surface area contributed by atoms with Crippen molar-refractivity contribution >= 4 is 33.0 Å². The largest absolute Gasteiger partial charge is 0.476 e. The van der Waals surface area contributed by atoms with Crippen LogP contribution in [0.1, 0.15) is 10.5 Å². The molecule has 0 unspecified atom stereocenters. The topological polar surface area (TPSA) is 101 Å². The van der Waals surface area contributed by atoms with E-state index in [2.05, 4.69) is 26.1 Å². The van der Waals surface area contributed by atoms with Crippen molar-refractivity contribution in [2.75, 3.05) is 0 Å². The Balaban J connectivity index is 2.20. The van der Waals surface area contributed by atoms with E-state index in [0.717, 1.165) is 0 Å². The number of aryl methyl sites for hydroxylation is 1. The summed E-state index contributed by atoms with van der Waals surface area (Å²) in [6.45, 7) is 0. The average Bonchev–Trinajstić information content (AvgIpc) is 2.91. The van der Waals surface area contributed by atoms with E-state index in [1.165, 1.54) is 4.57 Å². The molecule has 20 heavy (non-hydrogen) atoms. The van der Waals surface area contributed by atoms with Crippen LogP contribution in [-0.2, 0) is 7.05 Å². The summed E-state index contributed by atoms with van der Waals surface area (Å²) >= 11 is 3.20. The van der Waals surface area contributed by atoms with E-state index < -0.39 is 11.7 Å². The smallest absolute Gasteiger partial charge is 0.419 e. The van der Waals surface area contributed by atoms with Crippen molar-refractivity contribution in [1.82, 2.24) is 14.8 Å². The first-order valence-corrected chi connectivity index (χ1v) is 6.35. The van der Waals surface area contributed by atoms with Gasteiger partial charge in [0.1, 0.15) is 5.69 Å². The lowest BCUT2D eigenvalue weighted by molar-refractivity contribution is 0.0689. The fourth-order valence-electron chi connectivity index (χ4n) is 1.94. The van der Waals surface area contributed by atoms with Gasteiger partial charge in [0.05, 0.1) is 9.99 Å². The van der Waals surface area contributed by atoms with Gasteiger partial charge in [0.2, 0.25) is 0 Å². The standard InChI is InChI=1S/C12H8BrN3O4/c1-16-6-3-2-5(4-7(6)20-12(16)19)9-8(13)10(11(17)18)15-14-9/h2-4H,1H3,(H,14,15)(H,17,18). The molecule has 8 heteroatoms. The van der Waals surface area contributed by atoms with Crippen LogP contribution < -0.4 is 5.76 Å². The molecule has 102 valence electrons. The molecule has 0 radical (unpaired) electrons. The lowest BCUT2D eigenvalue weighted by atomic mass is 10.1. The molecule has 0 saturated carbocycles. The van der Waals surface area contributed by atoms with Crippen molar-refractivity contribution < 1.29 is 14.3 Å². The first-order chi connectivity index (χ1) is 9.49. The molecule has 7 nitrogen and oxygen atoms in total. The summed E-state index contributed by atoms with van der Waals surface area (Å²) in [4.78, 5) is 22.4. The molecule has 2 aromatic heterocycles. The molecule has 0 atom stereocenters. The van der Waals surface area contributed by atoms with Crippen LogP contribution in [0.15, 0.2) is 31.9 Å². The number of hydrogen-bond acceptors (Lipinski definition) is 4. The zero-order valence-corrected chi connectivity index (χ0v) is 11.8. The zero-order chi connectivity index (χ0) is 14.4. The summed E-state index contributed by atoms with van der Waals surface area (Å²) in [6.07, 6.45) is 0. The van der Waals surface area contributed by atoms with Gasteiger partial charge < -0.3 is 9.52 Å². The second-order valence-corrected chi connectivity index (χ2v) is 4.97. The van der Waals surface area contributed by atoms with E-state index in [4.69, 9.17) is 9.52 Å². The number of carbonyl (C=O) groups is 1. The number of carboxylic acid groups (broad SMARTS) is 1. The van der Waals surface area contributed by atoms with Crippen molar-refractivity contribution in [2.24, 2.45) is 7.05 Å². The van der Waals surface area contributed by atoms with Gasteiger partial charge in [-0.1, -0.05) is 6.07 Å². The minimum atomic E-state index is -1.11. The highest BCUT2D eigenvalue weighted by Gasteiger charge is 2.18. The number of rotatable bonds is 2.